The smallest absolute Gasteiger partial charge is 0.189 e. The third kappa shape index (κ3) is 13.4. The van der Waals surface area contributed by atoms with E-state index in [-0.39, 0.29) is 6.79 Å². The second-order valence-corrected chi connectivity index (χ2v) is 4.80. The zero-order chi connectivity index (χ0) is 14.2. The summed E-state index contributed by atoms with van der Waals surface area (Å²) in [5.41, 5.74) is 0. The van der Waals surface area contributed by atoms with Crippen molar-refractivity contribution in [3.63, 3.8) is 0 Å². The Morgan fingerprint density at radius 3 is 2.26 bits per heavy atom. The molecule has 3 heteroatoms. The first-order valence-corrected chi connectivity index (χ1v) is 7.71. The van der Waals surface area contributed by atoms with E-state index in [0.29, 0.717) is 12.4 Å². The van der Waals surface area contributed by atoms with Gasteiger partial charge >= 0.3 is 0 Å². The number of hydrogen-bond donors (Lipinski definition) is 0. The first kappa shape index (κ1) is 18.2. The molecular formula is C16H30O3. The molecule has 0 radical (unpaired) electrons. The Labute approximate surface area is 118 Å². The van der Waals surface area contributed by atoms with E-state index in [2.05, 4.69) is 6.92 Å². The normalized spacial score (nSPS) is 11.6. The molecule has 0 saturated carbocycles. The van der Waals surface area contributed by atoms with Gasteiger partial charge in [0.15, 0.2) is 18.8 Å². The van der Waals surface area contributed by atoms with E-state index in [1.54, 1.807) is 0 Å². The summed E-state index contributed by atoms with van der Waals surface area (Å²) in [6.45, 7) is 5.12. The van der Waals surface area contributed by atoms with Crippen molar-refractivity contribution in [2.24, 2.45) is 0 Å². The average Bonchev–Trinajstić information content (AvgIpc) is 2.44. The molecule has 0 fully saturated rings. The molecule has 0 saturated heterocycles. The van der Waals surface area contributed by atoms with Gasteiger partial charge in [-0.2, -0.15) is 0 Å². The van der Waals surface area contributed by atoms with Crippen molar-refractivity contribution in [1.29, 1.82) is 0 Å². The van der Waals surface area contributed by atoms with Gasteiger partial charge in [-0.25, -0.2) is 0 Å². The molecule has 0 heterocycles. The van der Waals surface area contributed by atoms with Crippen molar-refractivity contribution in [3.8, 4) is 0 Å². The molecule has 0 aromatic rings. The molecule has 19 heavy (non-hydrogen) atoms. The SMILES string of the molecule is CCCCCCCCCC=C(C=O)OCOCCC. The molecule has 112 valence electrons. The van der Waals surface area contributed by atoms with Crippen LogP contribution in [0, 0.1) is 0 Å². The van der Waals surface area contributed by atoms with Crippen molar-refractivity contribution < 1.29 is 14.3 Å². The van der Waals surface area contributed by atoms with Crippen LogP contribution in [0.2, 0.25) is 0 Å². The standard InChI is InChI=1S/C16H30O3/c1-3-5-6-7-8-9-10-11-12-16(14-17)19-15-18-13-4-2/h12,14H,3-11,13,15H2,1-2H3. The highest BCUT2D eigenvalue weighted by atomic mass is 16.7. The predicted molar refractivity (Wildman–Crippen MR) is 79.0 cm³/mol. The monoisotopic (exact) mass is 270 g/mol. The second-order valence-electron chi connectivity index (χ2n) is 4.80. The van der Waals surface area contributed by atoms with Crippen LogP contribution in [0.15, 0.2) is 11.8 Å². The Hall–Kier alpha value is -0.830. The van der Waals surface area contributed by atoms with Crippen molar-refractivity contribution in [2.75, 3.05) is 13.4 Å². The fourth-order valence-electron chi connectivity index (χ4n) is 1.80. The largest absolute Gasteiger partial charge is 0.464 e. The molecular weight excluding hydrogens is 240 g/mol. The van der Waals surface area contributed by atoms with Crippen LogP contribution in [0.3, 0.4) is 0 Å². The van der Waals surface area contributed by atoms with Crippen molar-refractivity contribution >= 4 is 6.29 Å². The van der Waals surface area contributed by atoms with Gasteiger partial charge in [0, 0.05) is 0 Å². The van der Waals surface area contributed by atoms with Crippen LogP contribution >= 0.6 is 0 Å². The van der Waals surface area contributed by atoms with Gasteiger partial charge in [0.2, 0.25) is 0 Å². The van der Waals surface area contributed by atoms with E-state index >= 15 is 0 Å². The Balaban J connectivity index is 3.46. The van der Waals surface area contributed by atoms with Crippen molar-refractivity contribution in [3.05, 3.63) is 11.8 Å². The zero-order valence-electron chi connectivity index (χ0n) is 12.7. The van der Waals surface area contributed by atoms with E-state index in [1.807, 2.05) is 13.0 Å². The van der Waals surface area contributed by atoms with Crippen molar-refractivity contribution in [1.82, 2.24) is 0 Å². The fraction of sp³-hybridized carbons (Fsp3) is 0.812. The number of rotatable bonds is 14. The number of unbranched alkanes of at least 4 members (excludes halogenated alkanes) is 7. The minimum Gasteiger partial charge on any atom is -0.464 e. The maximum Gasteiger partial charge on any atom is 0.189 e. The van der Waals surface area contributed by atoms with Crippen LogP contribution in [0.5, 0.6) is 0 Å². The number of carbonyl (C=O) groups excluding carboxylic acids is 1. The molecule has 0 unspecified atom stereocenters. The lowest BCUT2D eigenvalue weighted by Gasteiger charge is -2.05. The third-order valence-corrected chi connectivity index (χ3v) is 2.93. The number of allylic oxidation sites excluding steroid dienone is 2. The lowest BCUT2D eigenvalue weighted by atomic mass is 10.1. The summed E-state index contributed by atoms with van der Waals surface area (Å²) in [4.78, 5) is 10.8. The van der Waals surface area contributed by atoms with Gasteiger partial charge in [0.25, 0.3) is 0 Å². The molecule has 0 bridgehead atoms. The van der Waals surface area contributed by atoms with Gasteiger partial charge in [-0.05, 0) is 25.3 Å². The first-order chi connectivity index (χ1) is 9.35. The van der Waals surface area contributed by atoms with Crippen LogP contribution in [-0.4, -0.2) is 19.7 Å². The van der Waals surface area contributed by atoms with Gasteiger partial charge in [-0.15, -0.1) is 0 Å². The summed E-state index contributed by atoms with van der Waals surface area (Å²) < 4.78 is 10.4. The van der Waals surface area contributed by atoms with Gasteiger partial charge in [-0.1, -0.05) is 52.4 Å². The summed E-state index contributed by atoms with van der Waals surface area (Å²) >= 11 is 0. The molecule has 0 aromatic heterocycles. The molecule has 0 aliphatic carbocycles. The van der Waals surface area contributed by atoms with E-state index in [0.717, 1.165) is 25.5 Å². The van der Waals surface area contributed by atoms with Crippen LogP contribution in [0.4, 0.5) is 0 Å². The maximum absolute atomic E-state index is 10.8. The van der Waals surface area contributed by atoms with E-state index < -0.39 is 0 Å². The lowest BCUT2D eigenvalue weighted by molar-refractivity contribution is -0.111. The molecule has 0 amide bonds. The number of hydrogen-bond acceptors (Lipinski definition) is 3. The van der Waals surface area contributed by atoms with Gasteiger partial charge in [0.1, 0.15) is 0 Å². The molecule has 3 nitrogen and oxygen atoms in total. The summed E-state index contributed by atoms with van der Waals surface area (Å²) in [7, 11) is 0. The first-order valence-electron chi connectivity index (χ1n) is 7.71. The minimum atomic E-state index is 0.176. The lowest BCUT2D eigenvalue weighted by Crippen LogP contribution is -2.01. The Morgan fingerprint density at radius 1 is 0.947 bits per heavy atom. The van der Waals surface area contributed by atoms with Crippen LogP contribution in [-0.2, 0) is 14.3 Å². The van der Waals surface area contributed by atoms with Gasteiger partial charge in [0.05, 0.1) is 6.61 Å². The second kappa shape index (κ2) is 15.2. The Bertz CT molecular complexity index is 224. The Kier molecular flexibility index (Phi) is 14.6. The van der Waals surface area contributed by atoms with Crippen LogP contribution in [0.25, 0.3) is 0 Å². The molecule has 0 N–H and O–H groups in total. The van der Waals surface area contributed by atoms with E-state index in [4.69, 9.17) is 9.47 Å². The molecule has 0 rings (SSSR count). The number of aldehydes is 1. The summed E-state index contributed by atoms with van der Waals surface area (Å²) in [5, 5.41) is 0. The van der Waals surface area contributed by atoms with Gasteiger partial charge < -0.3 is 9.47 Å². The number of carbonyl (C=O) groups is 1. The zero-order valence-corrected chi connectivity index (χ0v) is 12.7. The molecule has 0 aliphatic heterocycles. The van der Waals surface area contributed by atoms with Gasteiger partial charge in [-0.3, -0.25) is 4.79 Å². The topological polar surface area (TPSA) is 35.5 Å². The van der Waals surface area contributed by atoms with Crippen LogP contribution < -0.4 is 0 Å². The molecule has 0 atom stereocenters. The number of ether oxygens (including phenoxy) is 2. The summed E-state index contributed by atoms with van der Waals surface area (Å²) in [6, 6.07) is 0. The Morgan fingerprint density at radius 2 is 1.63 bits per heavy atom. The third-order valence-electron chi connectivity index (χ3n) is 2.93. The predicted octanol–water partition coefficient (Wildman–Crippen LogP) is 4.61. The molecule has 0 spiro atoms. The molecule has 0 aliphatic rings. The highest BCUT2D eigenvalue weighted by molar-refractivity contribution is 5.69. The quantitative estimate of drug-likeness (QED) is 0.152. The highest BCUT2D eigenvalue weighted by Crippen LogP contribution is 2.09. The highest BCUT2D eigenvalue weighted by Gasteiger charge is 1.96. The minimum absolute atomic E-state index is 0.176. The van der Waals surface area contributed by atoms with E-state index in [9.17, 15) is 4.79 Å². The fourth-order valence-corrected chi connectivity index (χ4v) is 1.80. The summed E-state index contributed by atoms with van der Waals surface area (Å²) in [6.07, 6.45) is 13.5. The average molecular weight is 270 g/mol. The van der Waals surface area contributed by atoms with Crippen molar-refractivity contribution in [2.45, 2.75) is 71.6 Å². The molecule has 0 aromatic carbocycles. The van der Waals surface area contributed by atoms with E-state index in [1.165, 1.54) is 38.5 Å². The van der Waals surface area contributed by atoms with Crippen LogP contribution in [0.1, 0.15) is 71.6 Å². The summed E-state index contributed by atoms with van der Waals surface area (Å²) in [5.74, 6) is 0.405. The maximum atomic E-state index is 10.8.